The van der Waals surface area contributed by atoms with Crippen LogP contribution in [-0.2, 0) is 14.3 Å². The SMILES string of the molecule is CCOC(=O)C(C)NCCNC(C)=O. The van der Waals surface area contributed by atoms with Gasteiger partial charge in [-0.1, -0.05) is 0 Å². The van der Waals surface area contributed by atoms with Gasteiger partial charge in [0.1, 0.15) is 6.04 Å². The molecule has 0 bridgehead atoms. The molecule has 2 N–H and O–H groups in total. The summed E-state index contributed by atoms with van der Waals surface area (Å²) in [6.45, 7) is 6.40. The summed E-state index contributed by atoms with van der Waals surface area (Å²) < 4.78 is 4.79. The van der Waals surface area contributed by atoms with Crippen LogP contribution in [0.1, 0.15) is 20.8 Å². The first-order valence-electron chi connectivity index (χ1n) is 4.72. The normalized spacial score (nSPS) is 11.9. The maximum Gasteiger partial charge on any atom is 0.322 e. The van der Waals surface area contributed by atoms with Crippen LogP contribution in [0.15, 0.2) is 0 Å². The van der Waals surface area contributed by atoms with E-state index in [-0.39, 0.29) is 17.9 Å². The first-order chi connectivity index (χ1) is 6.57. The summed E-state index contributed by atoms with van der Waals surface area (Å²) in [5, 5.41) is 5.55. The Labute approximate surface area is 84.2 Å². The minimum atomic E-state index is -0.330. The number of ether oxygens (including phenoxy) is 1. The molecule has 0 saturated carbocycles. The summed E-state index contributed by atoms with van der Waals surface area (Å²) in [5.74, 6) is -0.342. The molecular weight excluding hydrogens is 184 g/mol. The predicted octanol–water partition coefficient (Wildman–Crippen LogP) is -0.336. The summed E-state index contributed by atoms with van der Waals surface area (Å²) in [6, 6.07) is -0.330. The van der Waals surface area contributed by atoms with Gasteiger partial charge < -0.3 is 15.4 Å². The molecule has 0 aromatic rings. The van der Waals surface area contributed by atoms with Gasteiger partial charge >= 0.3 is 5.97 Å². The Morgan fingerprint density at radius 1 is 1.36 bits per heavy atom. The van der Waals surface area contributed by atoms with Crippen LogP contribution in [0.4, 0.5) is 0 Å². The Morgan fingerprint density at radius 3 is 2.50 bits per heavy atom. The number of carbonyl (C=O) groups excluding carboxylic acids is 2. The lowest BCUT2D eigenvalue weighted by atomic mass is 10.3. The van der Waals surface area contributed by atoms with Gasteiger partial charge in [0.25, 0.3) is 0 Å². The van der Waals surface area contributed by atoms with E-state index in [2.05, 4.69) is 10.6 Å². The van der Waals surface area contributed by atoms with E-state index in [0.717, 1.165) is 0 Å². The number of carbonyl (C=O) groups is 2. The molecule has 82 valence electrons. The molecule has 0 aliphatic heterocycles. The molecule has 0 rings (SSSR count). The van der Waals surface area contributed by atoms with Crippen molar-refractivity contribution in [1.29, 1.82) is 0 Å². The largest absolute Gasteiger partial charge is 0.465 e. The Kier molecular flexibility index (Phi) is 6.74. The van der Waals surface area contributed by atoms with E-state index < -0.39 is 0 Å². The van der Waals surface area contributed by atoms with Crippen molar-refractivity contribution in [2.45, 2.75) is 26.8 Å². The van der Waals surface area contributed by atoms with E-state index in [4.69, 9.17) is 4.74 Å². The third-order valence-electron chi connectivity index (χ3n) is 1.59. The fourth-order valence-electron chi connectivity index (χ4n) is 0.878. The van der Waals surface area contributed by atoms with Crippen LogP contribution in [0.2, 0.25) is 0 Å². The minimum Gasteiger partial charge on any atom is -0.465 e. The molecule has 1 amide bonds. The standard InChI is InChI=1S/C9H18N2O3/c1-4-14-9(13)7(2)10-5-6-11-8(3)12/h7,10H,4-6H2,1-3H3,(H,11,12). The third-order valence-corrected chi connectivity index (χ3v) is 1.59. The number of nitrogens with one attached hydrogen (secondary N) is 2. The quantitative estimate of drug-likeness (QED) is 0.457. The second-order valence-electron chi connectivity index (χ2n) is 2.91. The highest BCUT2D eigenvalue weighted by Crippen LogP contribution is 1.86. The summed E-state index contributed by atoms with van der Waals surface area (Å²) in [5.41, 5.74) is 0. The van der Waals surface area contributed by atoms with Crippen LogP contribution >= 0.6 is 0 Å². The number of hydrogen-bond acceptors (Lipinski definition) is 4. The Bertz CT molecular complexity index is 194. The molecule has 0 fully saturated rings. The van der Waals surface area contributed by atoms with Crippen LogP contribution in [0.3, 0.4) is 0 Å². The number of rotatable bonds is 6. The van der Waals surface area contributed by atoms with Crippen molar-refractivity contribution in [3.63, 3.8) is 0 Å². The molecule has 0 radical (unpaired) electrons. The average molecular weight is 202 g/mol. The minimum absolute atomic E-state index is 0.0735. The Hall–Kier alpha value is -1.10. The van der Waals surface area contributed by atoms with Crippen LogP contribution in [-0.4, -0.2) is 37.6 Å². The van der Waals surface area contributed by atoms with Crippen molar-refractivity contribution in [3.05, 3.63) is 0 Å². The van der Waals surface area contributed by atoms with Crippen molar-refractivity contribution >= 4 is 11.9 Å². The van der Waals surface area contributed by atoms with Crippen LogP contribution < -0.4 is 10.6 Å². The van der Waals surface area contributed by atoms with Gasteiger partial charge in [-0.25, -0.2) is 0 Å². The van der Waals surface area contributed by atoms with Crippen LogP contribution in [0.25, 0.3) is 0 Å². The number of amides is 1. The van der Waals surface area contributed by atoms with E-state index in [0.29, 0.717) is 19.7 Å². The highest BCUT2D eigenvalue weighted by atomic mass is 16.5. The van der Waals surface area contributed by atoms with Gasteiger partial charge in [-0.3, -0.25) is 9.59 Å². The second kappa shape index (κ2) is 7.32. The summed E-state index contributed by atoms with van der Waals surface area (Å²) in [7, 11) is 0. The predicted molar refractivity (Wildman–Crippen MR) is 52.8 cm³/mol. The molecular formula is C9H18N2O3. The molecule has 0 aromatic carbocycles. The highest BCUT2D eigenvalue weighted by Gasteiger charge is 2.11. The van der Waals surface area contributed by atoms with Gasteiger partial charge in [-0.2, -0.15) is 0 Å². The molecule has 1 atom stereocenters. The van der Waals surface area contributed by atoms with Gasteiger partial charge in [0.15, 0.2) is 0 Å². The Morgan fingerprint density at radius 2 is 2.00 bits per heavy atom. The van der Waals surface area contributed by atoms with Gasteiger partial charge in [-0.05, 0) is 13.8 Å². The van der Waals surface area contributed by atoms with Gasteiger partial charge in [0.05, 0.1) is 6.61 Å². The van der Waals surface area contributed by atoms with E-state index in [9.17, 15) is 9.59 Å². The second-order valence-corrected chi connectivity index (χ2v) is 2.91. The molecule has 14 heavy (non-hydrogen) atoms. The van der Waals surface area contributed by atoms with E-state index in [1.807, 2.05) is 0 Å². The van der Waals surface area contributed by atoms with Gasteiger partial charge in [-0.15, -0.1) is 0 Å². The fraction of sp³-hybridized carbons (Fsp3) is 0.778. The Balaban J connectivity index is 3.48. The first-order valence-corrected chi connectivity index (χ1v) is 4.72. The molecule has 5 heteroatoms. The monoisotopic (exact) mass is 202 g/mol. The zero-order valence-corrected chi connectivity index (χ0v) is 8.92. The van der Waals surface area contributed by atoms with E-state index >= 15 is 0 Å². The smallest absolute Gasteiger partial charge is 0.322 e. The van der Waals surface area contributed by atoms with E-state index in [1.54, 1.807) is 13.8 Å². The molecule has 0 aliphatic rings. The highest BCUT2D eigenvalue weighted by molar-refractivity contribution is 5.75. The van der Waals surface area contributed by atoms with Crippen LogP contribution in [0, 0.1) is 0 Å². The number of esters is 1. The molecule has 0 aliphatic carbocycles. The molecule has 0 saturated heterocycles. The van der Waals surface area contributed by atoms with Crippen LogP contribution in [0.5, 0.6) is 0 Å². The fourth-order valence-corrected chi connectivity index (χ4v) is 0.878. The molecule has 1 unspecified atom stereocenters. The lowest BCUT2D eigenvalue weighted by molar-refractivity contribution is -0.145. The zero-order valence-electron chi connectivity index (χ0n) is 8.92. The van der Waals surface area contributed by atoms with Crippen molar-refractivity contribution in [2.24, 2.45) is 0 Å². The van der Waals surface area contributed by atoms with Gasteiger partial charge in [0.2, 0.25) is 5.91 Å². The molecule has 0 aromatic heterocycles. The third kappa shape index (κ3) is 6.42. The van der Waals surface area contributed by atoms with E-state index in [1.165, 1.54) is 6.92 Å². The zero-order chi connectivity index (χ0) is 11.0. The topological polar surface area (TPSA) is 67.4 Å². The van der Waals surface area contributed by atoms with Gasteiger partial charge in [0, 0.05) is 20.0 Å². The average Bonchev–Trinajstić information content (AvgIpc) is 2.12. The summed E-state index contributed by atoms with van der Waals surface area (Å²) in [4.78, 5) is 21.6. The first kappa shape index (κ1) is 12.9. The summed E-state index contributed by atoms with van der Waals surface area (Å²) >= 11 is 0. The molecule has 5 nitrogen and oxygen atoms in total. The maximum absolute atomic E-state index is 11.1. The maximum atomic E-state index is 11.1. The van der Waals surface area contributed by atoms with Crippen molar-refractivity contribution in [2.75, 3.05) is 19.7 Å². The summed E-state index contributed by atoms with van der Waals surface area (Å²) in [6.07, 6.45) is 0. The lowest BCUT2D eigenvalue weighted by Crippen LogP contribution is -2.40. The lowest BCUT2D eigenvalue weighted by Gasteiger charge is -2.12. The molecule has 0 spiro atoms. The van der Waals surface area contributed by atoms with Crippen molar-refractivity contribution in [1.82, 2.24) is 10.6 Å². The number of hydrogen-bond donors (Lipinski definition) is 2. The molecule has 0 heterocycles. The van der Waals surface area contributed by atoms with Crippen molar-refractivity contribution < 1.29 is 14.3 Å². The van der Waals surface area contributed by atoms with Crippen molar-refractivity contribution in [3.8, 4) is 0 Å².